The topological polar surface area (TPSA) is 348 Å². The Morgan fingerprint density at radius 3 is 1.08 bits per heavy atom. The standard InChI is InChI=1S/C25H27FN3O5P.C24H25FN3O6P.C20H15FN2O3.C5H14NO3P/c1-4-33-35(32,34-5-2)15-28-24(30)22-19-7-6-12-27-23(19)16(3)21-20(22)14-29(25(21)31)13-17-8-10-18(26)11-9-17;1-3-33-35(32,34-4-2)14-27-23(30)19-17-6-5-11-26-21(17)22(29)20-18(19)13-28(24(20)31)12-15-7-9-16(25)10-8-15;1-11-16-15(17(20(25)26)14-3-2-8-22-18(11)14)10-23(19(16)24)9-12-4-6-13(21)7-5-12;1-3-8-10(7,5-6)9-4-2/h6-12H,4-5,13-15H2,1-3H3,(H,28,30);5-11,29H,3-4,12-14H2,1-2H3,(H,27,30);2-8H,9-10H2,1H3,(H,25,26);3-6H2,1-2H3. The molecule has 26 nitrogen and oxygen atoms in total. The first kappa shape index (κ1) is 80.5. The Kier molecular flexibility index (Phi) is 27.1. The molecule has 12 rings (SSSR count). The van der Waals surface area contributed by atoms with Crippen LogP contribution in [0.3, 0.4) is 0 Å². The van der Waals surface area contributed by atoms with Crippen LogP contribution in [0.5, 0.6) is 5.75 Å². The zero-order chi connectivity index (χ0) is 76.8. The Hall–Kier alpha value is -9.63. The van der Waals surface area contributed by atoms with Gasteiger partial charge in [-0.1, -0.05) is 54.6 Å². The molecule has 0 unspecified atom stereocenters. The molecule has 3 aromatic heterocycles. The van der Waals surface area contributed by atoms with Crippen molar-refractivity contribution in [2.75, 3.05) is 58.5 Å². The Bertz CT molecular complexity index is 4710. The van der Waals surface area contributed by atoms with Crippen LogP contribution in [0, 0.1) is 31.3 Å². The summed E-state index contributed by atoms with van der Waals surface area (Å²) in [6.07, 6.45) is 3.93. The summed E-state index contributed by atoms with van der Waals surface area (Å²) in [5, 5.41) is 27.4. The Balaban J connectivity index is 0.000000174. The largest absolute Gasteiger partial charge is 0.505 e. The number of phenolic OH excluding ortho intramolecular Hbond substituents is 1. The van der Waals surface area contributed by atoms with E-state index in [1.807, 2.05) is 6.92 Å². The number of carbonyl (C=O) groups excluding carboxylic acids is 5. The van der Waals surface area contributed by atoms with Gasteiger partial charge in [-0.15, -0.1) is 0 Å². The van der Waals surface area contributed by atoms with Gasteiger partial charge in [0, 0.05) is 79.6 Å². The van der Waals surface area contributed by atoms with Crippen LogP contribution in [-0.2, 0) is 80.1 Å². The Morgan fingerprint density at radius 2 is 0.755 bits per heavy atom. The number of benzene rings is 6. The van der Waals surface area contributed by atoms with Crippen molar-refractivity contribution in [2.24, 2.45) is 5.73 Å². The van der Waals surface area contributed by atoms with Gasteiger partial charge in [0.25, 0.3) is 29.5 Å². The zero-order valence-corrected chi connectivity index (χ0v) is 62.2. The molecule has 9 aromatic rings. The van der Waals surface area contributed by atoms with Gasteiger partial charge in [-0.3, -0.25) is 52.6 Å². The number of nitrogens with two attached hydrogens (primary N) is 1. The molecule has 6 N–H and O–H groups in total. The molecule has 0 atom stereocenters. The summed E-state index contributed by atoms with van der Waals surface area (Å²) < 4.78 is 107. The number of carbonyl (C=O) groups is 6. The van der Waals surface area contributed by atoms with E-state index in [1.54, 1.807) is 143 Å². The number of pyridine rings is 3. The molecule has 0 aliphatic carbocycles. The van der Waals surface area contributed by atoms with Crippen molar-refractivity contribution in [2.45, 2.75) is 94.7 Å². The van der Waals surface area contributed by atoms with E-state index in [4.69, 9.17) is 32.9 Å². The quantitative estimate of drug-likeness (QED) is 0.0314. The van der Waals surface area contributed by atoms with E-state index >= 15 is 0 Å². The first-order chi connectivity index (χ1) is 50.7. The molecule has 560 valence electrons. The summed E-state index contributed by atoms with van der Waals surface area (Å²) in [4.78, 5) is 95.8. The van der Waals surface area contributed by atoms with E-state index in [0.29, 0.717) is 90.5 Å². The maximum absolute atomic E-state index is 13.5. The number of hydrogen-bond acceptors (Lipinski definition) is 20. The predicted octanol–water partition coefficient (Wildman–Crippen LogP) is 13.7. The lowest BCUT2D eigenvalue weighted by molar-refractivity contribution is 0.0692. The highest BCUT2D eigenvalue weighted by molar-refractivity contribution is 7.54. The lowest BCUT2D eigenvalue weighted by Gasteiger charge is -2.19. The molecule has 0 fully saturated rings. The number of carboxylic acid groups (broad SMARTS) is 1. The van der Waals surface area contributed by atoms with Gasteiger partial charge < -0.3 is 68.4 Å². The maximum Gasteiger partial charge on any atom is 0.349 e. The second-order valence-corrected chi connectivity index (χ2v) is 30.2. The van der Waals surface area contributed by atoms with Crippen LogP contribution in [0.25, 0.3) is 32.7 Å². The molecule has 6 heterocycles. The third kappa shape index (κ3) is 18.2. The van der Waals surface area contributed by atoms with Gasteiger partial charge in [0.2, 0.25) is 0 Å². The van der Waals surface area contributed by atoms with E-state index in [2.05, 4.69) is 25.6 Å². The lowest BCUT2D eigenvalue weighted by Crippen LogP contribution is -2.27. The van der Waals surface area contributed by atoms with E-state index in [0.717, 1.165) is 11.1 Å². The van der Waals surface area contributed by atoms with Crippen LogP contribution in [0.4, 0.5) is 13.2 Å². The number of fused-ring (bicyclic) bond motifs is 6. The van der Waals surface area contributed by atoms with Gasteiger partial charge in [0.15, 0.2) is 5.75 Å². The van der Waals surface area contributed by atoms with Gasteiger partial charge in [-0.2, -0.15) is 0 Å². The minimum absolute atomic E-state index is 0.0127. The van der Waals surface area contributed by atoms with Crippen LogP contribution < -0.4 is 16.4 Å². The number of aromatic carboxylic acids is 1. The number of hydrogen-bond donors (Lipinski definition) is 5. The summed E-state index contributed by atoms with van der Waals surface area (Å²) in [6.45, 7) is 16.4. The van der Waals surface area contributed by atoms with Crippen LogP contribution in [-0.4, -0.2) is 134 Å². The minimum Gasteiger partial charge on any atom is -0.505 e. The third-order valence-corrected chi connectivity index (χ3v) is 22.5. The number of aryl methyl sites for hydroxylation is 2. The van der Waals surface area contributed by atoms with Gasteiger partial charge in [-0.05, 0) is 149 Å². The molecule has 0 saturated carbocycles. The summed E-state index contributed by atoms with van der Waals surface area (Å²) in [6, 6.07) is 27.7. The van der Waals surface area contributed by atoms with Crippen LogP contribution in [0.2, 0.25) is 0 Å². The molecule has 5 amide bonds. The van der Waals surface area contributed by atoms with Crippen LogP contribution in [0.15, 0.2) is 128 Å². The molecule has 106 heavy (non-hydrogen) atoms. The van der Waals surface area contributed by atoms with Crippen molar-refractivity contribution >= 4 is 91.0 Å². The van der Waals surface area contributed by atoms with E-state index in [-0.39, 0.29) is 136 Å². The number of nitrogens with one attached hydrogen (secondary N) is 2. The van der Waals surface area contributed by atoms with Gasteiger partial charge in [0.05, 0.1) is 90.3 Å². The average molecular weight is 1520 g/mol. The number of halogens is 3. The molecule has 0 radical (unpaired) electrons. The highest BCUT2D eigenvalue weighted by Gasteiger charge is 2.40. The lowest BCUT2D eigenvalue weighted by atomic mass is 9.93. The molecule has 32 heteroatoms. The maximum atomic E-state index is 13.5. The Morgan fingerprint density at radius 1 is 0.462 bits per heavy atom. The van der Waals surface area contributed by atoms with Gasteiger partial charge in [0.1, 0.15) is 35.5 Å². The molecule has 3 aliphatic rings. The number of nitrogens with zero attached hydrogens (tertiary/aromatic N) is 6. The first-order valence-corrected chi connectivity index (χ1v) is 39.1. The number of carboxylic acids is 1. The molecule has 6 aromatic carbocycles. The Labute approximate surface area is 609 Å². The number of phenols is 1. The van der Waals surface area contributed by atoms with Crippen molar-refractivity contribution in [1.29, 1.82) is 0 Å². The van der Waals surface area contributed by atoms with E-state index in [9.17, 15) is 65.8 Å². The van der Waals surface area contributed by atoms with Crippen molar-refractivity contribution < 1.29 is 93.0 Å². The number of aromatic hydroxyl groups is 1. The van der Waals surface area contributed by atoms with E-state index < -0.39 is 52.3 Å². The summed E-state index contributed by atoms with van der Waals surface area (Å²) in [5.41, 5.74) is 12.8. The van der Waals surface area contributed by atoms with Crippen molar-refractivity contribution in [1.82, 2.24) is 40.3 Å². The minimum atomic E-state index is -3.56. The SMILES string of the molecule is CCOP(=O)(CN)OCC.CCOP(=O)(CNC(=O)c1c2c(c(C)c3ncccc13)C(=O)N(Cc1ccc(F)cc1)C2)OCC.CCOP(=O)(CNC(=O)c1c2c(c(O)c3ncccc13)C(=O)N(Cc1ccc(F)cc1)C2)OCC.Cc1c2c(c(C(=O)O)c3cccnc13)CN(Cc1ccc(F)cc1)C2=O. The highest BCUT2D eigenvalue weighted by Crippen LogP contribution is 2.49. The molecule has 0 saturated heterocycles. The number of rotatable bonds is 26. The second-order valence-electron chi connectivity index (χ2n) is 24.0. The average Bonchev–Trinajstić information content (AvgIpc) is 1.57. The predicted molar refractivity (Wildman–Crippen MR) is 390 cm³/mol. The van der Waals surface area contributed by atoms with Crippen molar-refractivity contribution in [3.05, 3.63) is 223 Å². The fourth-order valence-corrected chi connectivity index (χ4v) is 16.5. The summed E-state index contributed by atoms with van der Waals surface area (Å²) in [5.74, 6) is -4.49. The smallest absolute Gasteiger partial charge is 0.349 e. The molecular weight excluding hydrogens is 1440 g/mol. The molecule has 0 bridgehead atoms. The van der Waals surface area contributed by atoms with Gasteiger partial charge >= 0.3 is 28.8 Å². The van der Waals surface area contributed by atoms with Crippen LogP contribution >= 0.6 is 22.8 Å². The molecular formula is C74H81F3N9O17P3. The van der Waals surface area contributed by atoms with Crippen molar-refractivity contribution in [3.63, 3.8) is 0 Å². The number of amides is 5. The van der Waals surface area contributed by atoms with Gasteiger partial charge in [-0.25, -0.2) is 18.0 Å². The number of aromatic nitrogens is 3. The first-order valence-electron chi connectivity index (χ1n) is 33.9. The zero-order valence-electron chi connectivity index (χ0n) is 59.5. The fraction of sp³-hybridized carbons (Fsp3) is 0.311. The van der Waals surface area contributed by atoms with Crippen LogP contribution in [0.1, 0.15) is 148 Å². The molecule has 0 spiro atoms. The van der Waals surface area contributed by atoms with Crippen molar-refractivity contribution in [3.8, 4) is 5.75 Å². The van der Waals surface area contributed by atoms with E-state index in [1.165, 1.54) is 47.5 Å². The fourth-order valence-electron chi connectivity index (χ4n) is 12.6. The monoisotopic (exact) mass is 1520 g/mol. The summed E-state index contributed by atoms with van der Waals surface area (Å²) >= 11 is 0. The molecule has 3 aliphatic heterocycles. The summed E-state index contributed by atoms with van der Waals surface area (Å²) in [7, 11) is -10.00. The second kappa shape index (κ2) is 35.6. The third-order valence-electron chi connectivity index (χ3n) is 17.1. The normalized spacial score (nSPS) is 13.2. The highest BCUT2D eigenvalue weighted by atomic mass is 31.2.